The molecule has 0 unspecified atom stereocenters. The molecule has 0 rings (SSSR count). The van der Waals surface area contributed by atoms with Crippen molar-refractivity contribution in [3.63, 3.8) is 0 Å². The third-order valence-electron chi connectivity index (χ3n) is 0. The molecule has 0 aromatic carbocycles. The summed E-state index contributed by atoms with van der Waals surface area (Å²) in [7, 11) is 0. The van der Waals surface area contributed by atoms with Crippen LogP contribution in [0.1, 0.15) is 20.3 Å². The van der Waals surface area contributed by atoms with Gasteiger partial charge in [0.15, 0.2) is 0 Å². The lowest BCUT2D eigenvalue weighted by Crippen LogP contribution is -1.65. The second-order valence-corrected chi connectivity index (χ2v) is 0.955. The Kier molecular flexibility index (Phi) is 13.1. The van der Waals surface area contributed by atoms with E-state index in [2.05, 4.69) is 13.8 Å². The van der Waals surface area contributed by atoms with Crippen LogP contribution in [0.3, 0.4) is 0 Å². The number of rotatable bonds is 0. The largest absolute Gasteiger partial charge is 0.379 e. The molecule has 0 bridgehead atoms. The van der Waals surface area contributed by atoms with Gasteiger partial charge in [0.05, 0.1) is 0 Å². The Morgan fingerprint density at radius 1 is 1.14 bits per heavy atom. The van der Waals surface area contributed by atoms with Crippen LogP contribution in [0.5, 0.6) is 0 Å². The maximum atomic E-state index is 9.67. The van der Waals surface area contributed by atoms with E-state index in [1.807, 2.05) is 0 Å². The summed E-state index contributed by atoms with van der Waals surface area (Å²) in [5.41, 5.74) is 0. The van der Waals surface area contributed by atoms with Crippen molar-refractivity contribution < 1.29 is 13.2 Å². The average Bonchev–Trinajstić information content (AvgIpc) is 1.33. The first-order valence-corrected chi connectivity index (χ1v) is 2.07. The topological polar surface area (TPSA) is 0 Å². The minimum atomic E-state index is -3.67. The highest BCUT2D eigenvalue weighted by molar-refractivity contribution is 3.92. The molecule has 0 aliphatic heterocycles. The van der Waals surface area contributed by atoms with E-state index in [0.29, 0.717) is 0 Å². The van der Waals surface area contributed by atoms with E-state index in [1.54, 1.807) is 0 Å². The first kappa shape index (κ1) is 9.92. The van der Waals surface area contributed by atoms with Crippen LogP contribution in [0, 0.1) is 0 Å². The molecule has 0 aliphatic rings. The van der Waals surface area contributed by atoms with Crippen molar-refractivity contribution >= 4 is 0 Å². The first-order chi connectivity index (χ1) is 3.15. The maximum absolute atomic E-state index is 9.67. The monoisotopic (exact) mass is 114 g/mol. The highest BCUT2D eigenvalue weighted by Crippen LogP contribution is 1.87. The maximum Gasteiger partial charge on any atom is 0.379 e. The number of halogens is 3. The molecule has 0 heterocycles. The van der Waals surface area contributed by atoms with E-state index in [0.717, 1.165) is 0 Å². The molecule has 0 amide bonds. The zero-order valence-corrected chi connectivity index (χ0v) is 4.42. The lowest BCUT2D eigenvalue weighted by atomic mass is 10.6. The van der Waals surface area contributed by atoms with Crippen molar-refractivity contribution in [2.45, 2.75) is 26.9 Å². The van der Waals surface area contributed by atoms with Gasteiger partial charge in [0.2, 0.25) is 0 Å². The quantitative estimate of drug-likeness (QED) is 0.454. The van der Waals surface area contributed by atoms with Crippen molar-refractivity contribution in [3.05, 3.63) is 0 Å². The van der Waals surface area contributed by atoms with Crippen LogP contribution in [0.15, 0.2) is 0 Å². The van der Waals surface area contributed by atoms with Crippen LogP contribution < -0.4 is 0 Å². The van der Waals surface area contributed by atoms with Gasteiger partial charge < -0.3 is 0 Å². The summed E-state index contributed by atoms with van der Waals surface area (Å²) in [6.07, 6.45) is 1.25. The summed E-state index contributed by atoms with van der Waals surface area (Å²) in [4.78, 5) is 0. The smallest absolute Gasteiger partial charge is 0.174 e. The Morgan fingerprint density at radius 3 is 1.14 bits per heavy atom. The minimum absolute atomic E-state index is 1.25. The fraction of sp³-hybridized carbons (Fsp3) is 1.00. The summed E-state index contributed by atoms with van der Waals surface area (Å²) in [6, 6.07) is 0. The van der Waals surface area contributed by atoms with Crippen LogP contribution >= 0.6 is 0 Å². The molecule has 0 aromatic rings. The highest BCUT2D eigenvalue weighted by atomic mass is 19.4. The number of hydrogen-bond acceptors (Lipinski definition) is 0. The van der Waals surface area contributed by atoms with Crippen LogP contribution in [0.2, 0.25) is 0 Å². The second-order valence-electron chi connectivity index (χ2n) is 0.955. The van der Waals surface area contributed by atoms with E-state index < -0.39 is 6.68 Å². The van der Waals surface area contributed by atoms with Crippen molar-refractivity contribution in [2.75, 3.05) is 0 Å². The van der Waals surface area contributed by atoms with Crippen LogP contribution in [0.25, 0.3) is 0 Å². The molecule has 0 saturated carbocycles. The van der Waals surface area contributed by atoms with Gasteiger partial charge in [-0.3, -0.25) is 0 Å². The standard InChI is InChI=1S/C3H8.CHF3/c1-3-2;2-1(3)4/h3H2,1-2H3;1H. The van der Waals surface area contributed by atoms with Gasteiger partial charge in [-0.2, -0.15) is 13.2 Å². The van der Waals surface area contributed by atoms with Crippen molar-refractivity contribution in [1.82, 2.24) is 0 Å². The normalized spacial score (nSPS) is 7.71. The summed E-state index contributed by atoms with van der Waals surface area (Å²) in [5, 5.41) is 0. The molecule has 0 aromatic heterocycles. The van der Waals surface area contributed by atoms with Gasteiger partial charge in [-0.1, -0.05) is 20.3 Å². The lowest BCUT2D eigenvalue weighted by Gasteiger charge is -1.65. The Balaban J connectivity index is 0. The third-order valence-corrected chi connectivity index (χ3v) is 0. The predicted molar refractivity (Wildman–Crippen MR) is 23.1 cm³/mol. The highest BCUT2D eigenvalue weighted by Gasteiger charge is 1.86. The Bertz CT molecular complexity index is 18.1. The van der Waals surface area contributed by atoms with Crippen molar-refractivity contribution in [1.29, 1.82) is 0 Å². The first-order valence-electron chi connectivity index (χ1n) is 2.07. The summed E-state index contributed by atoms with van der Waals surface area (Å²) in [6.45, 7) is 0.583. The Labute approximate surface area is 41.3 Å². The summed E-state index contributed by atoms with van der Waals surface area (Å²) in [5.74, 6) is 0. The fourth-order valence-electron chi connectivity index (χ4n) is 0. The molecule has 0 N–H and O–H groups in total. The summed E-state index contributed by atoms with van der Waals surface area (Å²) < 4.78 is 29.0. The molecule has 0 aliphatic carbocycles. The van der Waals surface area contributed by atoms with Crippen molar-refractivity contribution in [3.8, 4) is 0 Å². The van der Waals surface area contributed by atoms with Gasteiger partial charge in [0.1, 0.15) is 0 Å². The third kappa shape index (κ3) is 1890. The van der Waals surface area contributed by atoms with E-state index in [9.17, 15) is 13.2 Å². The van der Waals surface area contributed by atoms with E-state index in [4.69, 9.17) is 0 Å². The van der Waals surface area contributed by atoms with Gasteiger partial charge in [-0.15, -0.1) is 0 Å². The molecule has 0 radical (unpaired) electrons. The van der Waals surface area contributed by atoms with E-state index in [-0.39, 0.29) is 0 Å². The lowest BCUT2D eigenvalue weighted by molar-refractivity contribution is 0.00819. The van der Waals surface area contributed by atoms with Gasteiger partial charge >= 0.3 is 6.68 Å². The molecule has 7 heavy (non-hydrogen) atoms. The molecule has 3 heteroatoms. The number of hydrogen-bond donors (Lipinski definition) is 0. The Hall–Kier alpha value is -0.210. The zero-order chi connectivity index (χ0) is 6.28. The zero-order valence-electron chi connectivity index (χ0n) is 4.42. The molecule has 0 fully saturated rings. The predicted octanol–water partition coefficient (Wildman–Crippen LogP) is 2.59. The average molecular weight is 114 g/mol. The van der Waals surface area contributed by atoms with Gasteiger partial charge in [0, 0.05) is 0 Å². The van der Waals surface area contributed by atoms with E-state index in [1.165, 1.54) is 6.42 Å². The van der Waals surface area contributed by atoms with Gasteiger partial charge in [0.25, 0.3) is 0 Å². The molecule has 46 valence electrons. The minimum Gasteiger partial charge on any atom is -0.174 e. The van der Waals surface area contributed by atoms with E-state index >= 15 is 0 Å². The molecule has 0 atom stereocenters. The van der Waals surface area contributed by atoms with Crippen LogP contribution in [0.4, 0.5) is 13.2 Å². The molecular weight excluding hydrogens is 105 g/mol. The van der Waals surface area contributed by atoms with Crippen molar-refractivity contribution in [2.24, 2.45) is 0 Å². The van der Waals surface area contributed by atoms with Gasteiger partial charge in [-0.05, 0) is 0 Å². The Morgan fingerprint density at radius 2 is 1.14 bits per heavy atom. The number of alkyl halides is 3. The summed E-state index contributed by atoms with van der Waals surface area (Å²) >= 11 is 0. The second kappa shape index (κ2) is 9.25. The SMILES string of the molecule is CCC.FC(F)F. The molecule has 0 spiro atoms. The van der Waals surface area contributed by atoms with Crippen LogP contribution in [-0.2, 0) is 0 Å². The van der Waals surface area contributed by atoms with Gasteiger partial charge in [-0.25, -0.2) is 0 Å². The molecule has 0 saturated heterocycles. The fourth-order valence-corrected chi connectivity index (χ4v) is 0. The molecular formula is C4H9F3. The molecule has 0 nitrogen and oxygen atoms in total. The van der Waals surface area contributed by atoms with Crippen LogP contribution in [-0.4, -0.2) is 6.68 Å².